The standard InChI is InChI=1S/C11H15NO3/c1-8(2)10(7-14)11-6-9(12-15-11)4-3-5-13/h5-8,10H,3-4H2,1-2H3. The smallest absolute Gasteiger partial charge is 0.147 e. The van der Waals surface area contributed by atoms with Crippen molar-refractivity contribution in [3.05, 3.63) is 17.5 Å². The number of carbonyl (C=O) groups is 2. The normalized spacial score (nSPS) is 12.7. The minimum absolute atomic E-state index is 0.189. The molecule has 0 spiro atoms. The second-order valence-corrected chi connectivity index (χ2v) is 3.83. The molecule has 0 amide bonds. The molecule has 0 N–H and O–H groups in total. The van der Waals surface area contributed by atoms with Crippen LogP contribution in [0.5, 0.6) is 0 Å². The molecule has 1 aromatic rings. The van der Waals surface area contributed by atoms with Crippen molar-refractivity contribution in [3.63, 3.8) is 0 Å². The molecular formula is C11H15NO3. The van der Waals surface area contributed by atoms with Crippen LogP contribution >= 0.6 is 0 Å². The summed E-state index contributed by atoms with van der Waals surface area (Å²) in [6.07, 6.45) is 2.71. The summed E-state index contributed by atoms with van der Waals surface area (Å²) < 4.78 is 5.08. The molecule has 0 aromatic carbocycles. The van der Waals surface area contributed by atoms with Gasteiger partial charge in [-0.2, -0.15) is 0 Å². The maximum Gasteiger partial charge on any atom is 0.147 e. The number of aryl methyl sites for hydroxylation is 1. The molecule has 1 unspecified atom stereocenters. The first kappa shape index (κ1) is 11.6. The molecule has 1 aromatic heterocycles. The Morgan fingerprint density at radius 1 is 1.47 bits per heavy atom. The van der Waals surface area contributed by atoms with Crippen molar-refractivity contribution in [3.8, 4) is 0 Å². The highest BCUT2D eigenvalue weighted by molar-refractivity contribution is 5.61. The van der Waals surface area contributed by atoms with Crippen LogP contribution < -0.4 is 0 Å². The van der Waals surface area contributed by atoms with Crippen LogP contribution in [0, 0.1) is 5.92 Å². The molecular weight excluding hydrogens is 194 g/mol. The maximum absolute atomic E-state index is 10.8. The van der Waals surface area contributed by atoms with Crippen LogP contribution in [0.1, 0.15) is 37.6 Å². The molecule has 15 heavy (non-hydrogen) atoms. The summed E-state index contributed by atoms with van der Waals surface area (Å²) in [5.74, 6) is 0.526. The molecule has 1 rings (SSSR count). The summed E-state index contributed by atoms with van der Waals surface area (Å²) in [7, 11) is 0. The molecule has 82 valence electrons. The Labute approximate surface area is 88.6 Å². The lowest BCUT2D eigenvalue weighted by molar-refractivity contribution is -0.110. The third-order valence-electron chi connectivity index (χ3n) is 2.29. The van der Waals surface area contributed by atoms with E-state index in [9.17, 15) is 9.59 Å². The minimum atomic E-state index is -0.248. The zero-order valence-electron chi connectivity index (χ0n) is 8.97. The lowest BCUT2D eigenvalue weighted by Crippen LogP contribution is -2.06. The van der Waals surface area contributed by atoms with Crippen molar-refractivity contribution < 1.29 is 14.1 Å². The first-order valence-electron chi connectivity index (χ1n) is 5.03. The van der Waals surface area contributed by atoms with Crippen molar-refractivity contribution >= 4 is 12.6 Å². The number of carbonyl (C=O) groups excluding carboxylic acids is 2. The van der Waals surface area contributed by atoms with E-state index in [1.54, 1.807) is 6.07 Å². The van der Waals surface area contributed by atoms with Gasteiger partial charge in [-0.25, -0.2) is 0 Å². The Bertz CT molecular complexity index is 330. The summed E-state index contributed by atoms with van der Waals surface area (Å²) >= 11 is 0. The highest BCUT2D eigenvalue weighted by Gasteiger charge is 2.19. The second kappa shape index (κ2) is 5.44. The molecule has 0 radical (unpaired) electrons. The lowest BCUT2D eigenvalue weighted by atomic mass is 9.94. The zero-order chi connectivity index (χ0) is 11.3. The number of rotatable bonds is 6. The SMILES string of the molecule is CC(C)C(C=O)c1cc(CCC=O)no1. The summed E-state index contributed by atoms with van der Waals surface area (Å²) in [6, 6.07) is 1.75. The summed E-state index contributed by atoms with van der Waals surface area (Å²) in [5.41, 5.74) is 0.726. The Hall–Kier alpha value is -1.45. The van der Waals surface area contributed by atoms with E-state index in [4.69, 9.17) is 4.52 Å². The fourth-order valence-corrected chi connectivity index (χ4v) is 1.36. The average Bonchev–Trinajstić information content (AvgIpc) is 2.64. The third-order valence-corrected chi connectivity index (χ3v) is 2.29. The Balaban J connectivity index is 2.73. The van der Waals surface area contributed by atoms with E-state index in [2.05, 4.69) is 5.16 Å². The quantitative estimate of drug-likeness (QED) is 0.669. The molecule has 4 nitrogen and oxygen atoms in total. The van der Waals surface area contributed by atoms with Gasteiger partial charge in [0.2, 0.25) is 0 Å². The molecule has 1 atom stereocenters. The number of aromatic nitrogens is 1. The van der Waals surface area contributed by atoms with Crippen molar-refractivity contribution in [2.45, 2.75) is 32.6 Å². The lowest BCUT2D eigenvalue weighted by Gasteiger charge is -2.08. The molecule has 0 aliphatic rings. The molecule has 0 saturated carbocycles. The fourth-order valence-electron chi connectivity index (χ4n) is 1.36. The van der Waals surface area contributed by atoms with Gasteiger partial charge in [0.1, 0.15) is 18.3 Å². The second-order valence-electron chi connectivity index (χ2n) is 3.83. The van der Waals surface area contributed by atoms with E-state index >= 15 is 0 Å². The van der Waals surface area contributed by atoms with Gasteiger partial charge >= 0.3 is 0 Å². The largest absolute Gasteiger partial charge is 0.360 e. The Morgan fingerprint density at radius 2 is 2.20 bits per heavy atom. The summed E-state index contributed by atoms with van der Waals surface area (Å²) in [6.45, 7) is 3.90. The Kier molecular flexibility index (Phi) is 4.21. The molecule has 4 heteroatoms. The molecule has 0 bridgehead atoms. The van der Waals surface area contributed by atoms with Gasteiger partial charge < -0.3 is 14.1 Å². The highest BCUT2D eigenvalue weighted by Crippen LogP contribution is 2.22. The van der Waals surface area contributed by atoms with Gasteiger partial charge in [0.15, 0.2) is 0 Å². The molecule has 1 heterocycles. The van der Waals surface area contributed by atoms with Crippen molar-refractivity contribution in [1.82, 2.24) is 5.16 Å². The van der Waals surface area contributed by atoms with E-state index in [1.165, 1.54) is 0 Å². The average molecular weight is 209 g/mol. The van der Waals surface area contributed by atoms with E-state index in [1.807, 2.05) is 13.8 Å². The molecule has 0 aliphatic heterocycles. The summed E-state index contributed by atoms with van der Waals surface area (Å²) in [4.78, 5) is 21.0. The number of hydrogen-bond acceptors (Lipinski definition) is 4. The highest BCUT2D eigenvalue weighted by atomic mass is 16.5. The van der Waals surface area contributed by atoms with E-state index < -0.39 is 0 Å². The minimum Gasteiger partial charge on any atom is -0.360 e. The molecule has 0 fully saturated rings. The van der Waals surface area contributed by atoms with Gasteiger partial charge in [-0.05, 0) is 12.3 Å². The van der Waals surface area contributed by atoms with Crippen LogP contribution in [0.4, 0.5) is 0 Å². The van der Waals surface area contributed by atoms with Crippen LogP contribution in [0.25, 0.3) is 0 Å². The monoisotopic (exact) mass is 209 g/mol. The predicted molar refractivity (Wildman–Crippen MR) is 54.5 cm³/mol. The van der Waals surface area contributed by atoms with Crippen molar-refractivity contribution in [2.24, 2.45) is 5.92 Å². The van der Waals surface area contributed by atoms with Gasteiger partial charge in [-0.1, -0.05) is 19.0 Å². The van der Waals surface area contributed by atoms with Gasteiger partial charge in [0.05, 0.1) is 11.6 Å². The van der Waals surface area contributed by atoms with Gasteiger partial charge in [0.25, 0.3) is 0 Å². The molecule has 0 saturated heterocycles. The van der Waals surface area contributed by atoms with E-state index in [0.29, 0.717) is 18.6 Å². The van der Waals surface area contributed by atoms with Crippen molar-refractivity contribution in [1.29, 1.82) is 0 Å². The van der Waals surface area contributed by atoms with Crippen molar-refractivity contribution in [2.75, 3.05) is 0 Å². The number of hydrogen-bond donors (Lipinski definition) is 0. The number of nitrogens with zero attached hydrogens (tertiary/aromatic N) is 1. The molecule has 0 aliphatic carbocycles. The van der Waals surface area contributed by atoms with Crippen LogP contribution in [-0.2, 0) is 16.0 Å². The van der Waals surface area contributed by atoms with Gasteiger partial charge in [-0.15, -0.1) is 0 Å². The van der Waals surface area contributed by atoms with Crippen LogP contribution in [0.2, 0.25) is 0 Å². The topological polar surface area (TPSA) is 60.2 Å². The van der Waals surface area contributed by atoms with Crippen LogP contribution in [0.15, 0.2) is 10.6 Å². The third kappa shape index (κ3) is 3.01. The van der Waals surface area contributed by atoms with Gasteiger partial charge in [-0.3, -0.25) is 0 Å². The zero-order valence-corrected chi connectivity index (χ0v) is 8.97. The van der Waals surface area contributed by atoms with Gasteiger partial charge in [0, 0.05) is 12.5 Å². The Morgan fingerprint density at radius 3 is 2.73 bits per heavy atom. The first-order valence-corrected chi connectivity index (χ1v) is 5.03. The van der Waals surface area contributed by atoms with E-state index in [0.717, 1.165) is 18.3 Å². The van der Waals surface area contributed by atoms with Crippen LogP contribution in [-0.4, -0.2) is 17.7 Å². The summed E-state index contributed by atoms with van der Waals surface area (Å²) in [5, 5.41) is 3.81. The maximum atomic E-state index is 10.8. The fraction of sp³-hybridized carbons (Fsp3) is 0.545. The van der Waals surface area contributed by atoms with E-state index in [-0.39, 0.29) is 11.8 Å². The van der Waals surface area contributed by atoms with Crippen LogP contribution in [0.3, 0.4) is 0 Å². The number of aldehydes is 2. The predicted octanol–water partition coefficient (Wildman–Crippen LogP) is 1.74. The first-order chi connectivity index (χ1) is 7.19.